The van der Waals surface area contributed by atoms with Crippen LogP contribution in [0.3, 0.4) is 0 Å². The Labute approximate surface area is 179 Å². The molecule has 1 aromatic rings. The monoisotopic (exact) mass is 438 g/mol. The Bertz CT molecular complexity index is 849. The molecule has 2 heterocycles. The number of nitrogens with zero attached hydrogens (tertiary/aromatic N) is 2. The lowest BCUT2D eigenvalue weighted by Gasteiger charge is -2.35. The van der Waals surface area contributed by atoms with Crippen molar-refractivity contribution in [2.45, 2.75) is 38.6 Å². The van der Waals surface area contributed by atoms with Crippen molar-refractivity contribution in [3.05, 3.63) is 29.6 Å². The first-order valence-electron chi connectivity index (χ1n) is 10.1. The van der Waals surface area contributed by atoms with E-state index in [1.807, 2.05) is 0 Å². The van der Waals surface area contributed by atoms with Gasteiger partial charge < -0.3 is 29.1 Å². The summed E-state index contributed by atoms with van der Waals surface area (Å²) in [6, 6.07) is 3.65. The largest absolute Gasteiger partial charge is 0.458 e. The van der Waals surface area contributed by atoms with Crippen molar-refractivity contribution in [1.82, 2.24) is 4.90 Å². The molecule has 2 fully saturated rings. The van der Waals surface area contributed by atoms with Gasteiger partial charge in [-0.05, 0) is 39.0 Å². The number of esters is 1. The molecule has 2 atom stereocenters. The van der Waals surface area contributed by atoms with Crippen LogP contribution in [0.1, 0.15) is 31.1 Å². The van der Waals surface area contributed by atoms with E-state index in [9.17, 15) is 23.9 Å². The number of carbonyl (C=O) groups excluding carboxylic acids is 3. The SMILES string of the molecule is CC(C)(C)OC(=O)[C@H](O)[C@H]1OCCN(c2cc(F)cc(C(=O)N3CCOCC3)c2)C1=O. The molecule has 2 aliphatic heterocycles. The molecule has 1 aromatic carbocycles. The highest BCUT2D eigenvalue weighted by Crippen LogP contribution is 2.25. The van der Waals surface area contributed by atoms with Crippen LogP contribution in [0.2, 0.25) is 0 Å². The topological polar surface area (TPSA) is 106 Å². The van der Waals surface area contributed by atoms with Crippen LogP contribution in [-0.4, -0.2) is 85.1 Å². The Morgan fingerprint density at radius 2 is 1.84 bits per heavy atom. The van der Waals surface area contributed by atoms with E-state index < -0.39 is 35.5 Å². The number of ether oxygens (including phenoxy) is 3. The van der Waals surface area contributed by atoms with E-state index in [-0.39, 0.29) is 30.3 Å². The molecule has 2 saturated heterocycles. The summed E-state index contributed by atoms with van der Waals surface area (Å²) in [5.74, 6) is -2.76. The minimum absolute atomic E-state index is 0.0134. The zero-order valence-electron chi connectivity index (χ0n) is 17.8. The zero-order chi connectivity index (χ0) is 22.8. The maximum atomic E-state index is 14.3. The molecule has 170 valence electrons. The van der Waals surface area contributed by atoms with Crippen molar-refractivity contribution in [3.63, 3.8) is 0 Å². The third kappa shape index (κ3) is 5.57. The van der Waals surface area contributed by atoms with Gasteiger partial charge in [-0.25, -0.2) is 9.18 Å². The fourth-order valence-corrected chi connectivity index (χ4v) is 3.38. The lowest BCUT2D eigenvalue weighted by atomic mass is 10.1. The number of hydrogen-bond acceptors (Lipinski definition) is 7. The molecule has 31 heavy (non-hydrogen) atoms. The highest BCUT2D eigenvalue weighted by molar-refractivity contribution is 6.02. The molecule has 0 saturated carbocycles. The molecule has 1 N–H and O–H groups in total. The molecule has 9 nitrogen and oxygen atoms in total. The predicted molar refractivity (Wildman–Crippen MR) is 107 cm³/mol. The zero-order valence-corrected chi connectivity index (χ0v) is 17.8. The number of amides is 2. The number of benzene rings is 1. The van der Waals surface area contributed by atoms with Gasteiger partial charge in [0.05, 0.1) is 19.8 Å². The molecule has 3 rings (SSSR count). The lowest BCUT2D eigenvalue weighted by molar-refractivity contribution is -0.177. The second-order valence-electron chi connectivity index (χ2n) is 8.36. The fraction of sp³-hybridized carbons (Fsp3) is 0.571. The quantitative estimate of drug-likeness (QED) is 0.691. The molecule has 0 aromatic heterocycles. The van der Waals surface area contributed by atoms with E-state index in [2.05, 4.69) is 0 Å². The number of halogens is 1. The van der Waals surface area contributed by atoms with Crippen molar-refractivity contribution >= 4 is 23.5 Å². The molecule has 0 unspecified atom stereocenters. The number of aliphatic hydroxyl groups is 1. The Balaban J connectivity index is 1.80. The highest BCUT2D eigenvalue weighted by Gasteiger charge is 2.41. The van der Waals surface area contributed by atoms with Crippen LogP contribution in [0.25, 0.3) is 0 Å². The summed E-state index contributed by atoms with van der Waals surface area (Å²) in [5.41, 5.74) is -0.612. The van der Waals surface area contributed by atoms with Gasteiger partial charge in [-0.1, -0.05) is 0 Å². The highest BCUT2D eigenvalue weighted by atomic mass is 19.1. The van der Waals surface area contributed by atoms with E-state index in [0.29, 0.717) is 26.3 Å². The number of carbonyl (C=O) groups is 3. The average molecular weight is 438 g/mol. The van der Waals surface area contributed by atoms with E-state index in [1.54, 1.807) is 25.7 Å². The van der Waals surface area contributed by atoms with Gasteiger partial charge >= 0.3 is 5.97 Å². The first kappa shape index (κ1) is 23.1. The molecule has 10 heteroatoms. The second kappa shape index (κ2) is 9.29. The summed E-state index contributed by atoms with van der Waals surface area (Å²) in [7, 11) is 0. The van der Waals surface area contributed by atoms with Gasteiger partial charge in [-0.3, -0.25) is 9.59 Å². The third-order valence-corrected chi connectivity index (χ3v) is 4.80. The minimum Gasteiger partial charge on any atom is -0.458 e. The van der Waals surface area contributed by atoms with Gasteiger partial charge in [-0.2, -0.15) is 0 Å². The Morgan fingerprint density at radius 1 is 1.16 bits per heavy atom. The van der Waals surface area contributed by atoms with Crippen molar-refractivity contribution in [2.24, 2.45) is 0 Å². The smallest absolute Gasteiger partial charge is 0.338 e. The summed E-state index contributed by atoms with van der Waals surface area (Å²) < 4.78 is 30.0. The van der Waals surface area contributed by atoms with Gasteiger partial charge in [0.25, 0.3) is 11.8 Å². The summed E-state index contributed by atoms with van der Waals surface area (Å²) in [6.45, 7) is 6.58. The maximum absolute atomic E-state index is 14.3. The van der Waals surface area contributed by atoms with E-state index in [4.69, 9.17) is 14.2 Å². The van der Waals surface area contributed by atoms with E-state index >= 15 is 0 Å². The standard InChI is InChI=1S/C21H27FN2O7/c1-21(2,3)31-20(28)16(25)17-19(27)24(6-9-30-17)15-11-13(10-14(22)12-15)18(26)23-4-7-29-8-5-23/h10-12,16-17,25H,4-9H2,1-3H3/t16-,17-/m1/s1. The minimum atomic E-state index is -1.84. The van der Waals surface area contributed by atoms with Gasteiger partial charge in [0.1, 0.15) is 11.4 Å². The average Bonchev–Trinajstić information content (AvgIpc) is 2.72. The van der Waals surface area contributed by atoms with E-state index in [0.717, 1.165) is 12.1 Å². The van der Waals surface area contributed by atoms with E-state index in [1.165, 1.54) is 11.0 Å². The van der Waals surface area contributed by atoms with Crippen LogP contribution in [0.15, 0.2) is 18.2 Å². The molecule has 0 spiro atoms. The number of anilines is 1. The van der Waals surface area contributed by atoms with Crippen LogP contribution in [0, 0.1) is 5.82 Å². The van der Waals surface area contributed by atoms with Gasteiger partial charge in [-0.15, -0.1) is 0 Å². The number of rotatable bonds is 4. The second-order valence-corrected chi connectivity index (χ2v) is 8.36. The summed E-state index contributed by atoms with van der Waals surface area (Å²) in [4.78, 5) is 40.6. The molecule has 2 amide bonds. The first-order valence-corrected chi connectivity index (χ1v) is 10.1. The van der Waals surface area contributed by atoms with Gasteiger partial charge in [0, 0.05) is 30.9 Å². The molecule has 0 aliphatic carbocycles. The molecule has 2 aliphatic rings. The predicted octanol–water partition coefficient (Wildman–Crippen LogP) is 0.732. The molecular weight excluding hydrogens is 411 g/mol. The lowest BCUT2D eigenvalue weighted by Crippen LogP contribution is -2.55. The fourth-order valence-electron chi connectivity index (χ4n) is 3.38. The number of morpholine rings is 2. The number of aliphatic hydroxyl groups excluding tert-OH is 1. The molecule has 0 radical (unpaired) electrons. The summed E-state index contributed by atoms with van der Waals surface area (Å²) in [6.07, 6.45) is -3.33. The van der Waals surface area contributed by atoms with Crippen molar-refractivity contribution in [3.8, 4) is 0 Å². The summed E-state index contributed by atoms with van der Waals surface area (Å²) in [5, 5.41) is 10.3. The molecule has 0 bridgehead atoms. The van der Waals surface area contributed by atoms with Gasteiger partial charge in [0.15, 0.2) is 12.2 Å². The number of hydrogen-bond donors (Lipinski definition) is 1. The Hall–Kier alpha value is -2.56. The van der Waals surface area contributed by atoms with Crippen LogP contribution >= 0.6 is 0 Å². The summed E-state index contributed by atoms with van der Waals surface area (Å²) >= 11 is 0. The van der Waals surface area contributed by atoms with Crippen LogP contribution in [-0.2, 0) is 23.8 Å². The van der Waals surface area contributed by atoms with Gasteiger partial charge in [0.2, 0.25) is 0 Å². The molecular formula is C21H27FN2O7. The van der Waals surface area contributed by atoms with Crippen LogP contribution in [0.4, 0.5) is 10.1 Å². The first-order chi connectivity index (χ1) is 14.6. The normalized spacial score (nSPS) is 21.1. The van der Waals surface area contributed by atoms with Crippen molar-refractivity contribution in [2.75, 3.05) is 44.4 Å². The Kier molecular flexibility index (Phi) is 6.93. The Morgan fingerprint density at radius 3 is 2.48 bits per heavy atom. The van der Waals surface area contributed by atoms with Crippen molar-refractivity contribution in [1.29, 1.82) is 0 Å². The third-order valence-electron chi connectivity index (χ3n) is 4.80. The van der Waals surface area contributed by atoms with Crippen molar-refractivity contribution < 1.29 is 38.1 Å². The van der Waals surface area contributed by atoms with Crippen LogP contribution < -0.4 is 4.90 Å². The van der Waals surface area contributed by atoms with Crippen LogP contribution in [0.5, 0.6) is 0 Å². The maximum Gasteiger partial charge on any atom is 0.338 e.